The SMILES string of the molecule is CCCCN(Cn1ccnc1)C(Cc1c(F)cccc1Cl)(c1ccccc1)c1ccccc1. The molecule has 3 aromatic carbocycles. The Morgan fingerprint density at radius 2 is 1.61 bits per heavy atom. The van der Waals surface area contributed by atoms with Crippen LogP contribution in [0.5, 0.6) is 0 Å². The van der Waals surface area contributed by atoms with Crippen molar-refractivity contribution < 1.29 is 4.39 Å². The fourth-order valence-corrected chi connectivity index (χ4v) is 4.76. The highest BCUT2D eigenvalue weighted by molar-refractivity contribution is 6.31. The number of nitrogens with zero attached hydrogens (tertiary/aromatic N) is 3. The van der Waals surface area contributed by atoms with Crippen LogP contribution in [-0.2, 0) is 18.6 Å². The molecule has 0 saturated heterocycles. The molecule has 0 aliphatic carbocycles. The van der Waals surface area contributed by atoms with E-state index in [0.717, 1.165) is 30.5 Å². The predicted octanol–water partition coefficient (Wildman–Crippen LogP) is 6.92. The third kappa shape index (κ3) is 5.02. The standard InChI is InChI=1S/C28H29ClFN3/c1-2-3-18-33(22-32-19-17-31-21-32)28(23-11-6-4-7-12-23,24-13-8-5-9-14-24)20-25-26(29)15-10-16-27(25)30/h4-17,19,21H,2-3,18,20,22H2,1H3. The van der Waals surface area contributed by atoms with Gasteiger partial charge in [-0.05, 0) is 29.7 Å². The highest BCUT2D eigenvalue weighted by Crippen LogP contribution is 2.41. The smallest absolute Gasteiger partial charge is 0.127 e. The van der Waals surface area contributed by atoms with Crippen molar-refractivity contribution in [3.63, 3.8) is 0 Å². The van der Waals surface area contributed by atoms with E-state index >= 15 is 4.39 Å². The Kier molecular flexibility index (Phi) is 7.58. The minimum Gasteiger partial charge on any atom is -0.324 e. The molecule has 1 heterocycles. The molecule has 4 rings (SSSR count). The molecule has 0 amide bonds. The minimum absolute atomic E-state index is 0.281. The maximum absolute atomic E-state index is 15.2. The molecule has 33 heavy (non-hydrogen) atoms. The average molecular weight is 462 g/mol. The first-order chi connectivity index (χ1) is 16.1. The summed E-state index contributed by atoms with van der Waals surface area (Å²) < 4.78 is 17.3. The first-order valence-corrected chi connectivity index (χ1v) is 11.8. The van der Waals surface area contributed by atoms with E-state index in [1.54, 1.807) is 18.3 Å². The van der Waals surface area contributed by atoms with Crippen LogP contribution >= 0.6 is 11.6 Å². The zero-order chi connectivity index (χ0) is 23.1. The number of imidazole rings is 1. The van der Waals surface area contributed by atoms with Crippen LogP contribution in [0.15, 0.2) is 97.6 Å². The fourth-order valence-electron chi connectivity index (χ4n) is 4.53. The van der Waals surface area contributed by atoms with Gasteiger partial charge in [-0.3, -0.25) is 4.90 Å². The van der Waals surface area contributed by atoms with Gasteiger partial charge in [-0.1, -0.05) is 91.7 Å². The molecule has 0 spiro atoms. The van der Waals surface area contributed by atoms with Crippen LogP contribution in [0.4, 0.5) is 4.39 Å². The lowest BCUT2D eigenvalue weighted by Gasteiger charge is -2.46. The van der Waals surface area contributed by atoms with Crippen molar-refractivity contribution in [3.05, 3.63) is 125 Å². The van der Waals surface area contributed by atoms with Gasteiger partial charge in [0.1, 0.15) is 5.82 Å². The summed E-state index contributed by atoms with van der Waals surface area (Å²) in [7, 11) is 0. The predicted molar refractivity (Wildman–Crippen MR) is 133 cm³/mol. The summed E-state index contributed by atoms with van der Waals surface area (Å²) >= 11 is 6.59. The highest BCUT2D eigenvalue weighted by Gasteiger charge is 2.41. The molecule has 4 aromatic rings. The maximum atomic E-state index is 15.2. The molecule has 0 saturated carbocycles. The molecule has 170 valence electrons. The van der Waals surface area contributed by atoms with Gasteiger partial charge in [0.25, 0.3) is 0 Å². The van der Waals surface area contributed by atoms with E-state index in [4.69, 9.17) is 11.6 Å². The fraction of sp³-hybridized carbons (Fsp3) is 0.250. The summed E-state index contributed by atoms with van der Waals surface area (Å²) in [5.74, 6) is -0.281. The molecule has 0 aliphatic rings. The van der Waals surface area contributed by atoms with Crippen LogP contribution in [0.3, 0.4) is 0 Å². The van der Waals surface area contributed by atoms with Gasteiger partial charge < -0.3 is 4.57 Å². The van der Waals surface area contributed by atoms with Gasteiger partial charge in [0.15, 0.2) is 0 Å². The van der Waals surface area contributed by atoms with Gasteiger partial charge >= 0.3 is 0 Å². The van der Waals surface area contributed by atoms with Crippen molar-refractivity contribution in [1.29, 1.82) is 0 Å². The van der Waals surface area contributed by atoms with E-state index in [0.29, 0.717) is 23.7 Å². The van der Waals surface area contributed by atoms with Crippen molar-refractivity contribution in [2.45, 2.75) is 38.4 Å². The lowest BCUT2D eigenvalue weighted by molar-refractivity contribution is 0.0807. The number of benzene rings is 3. The maximum Gasteiger partial charge on any atom is 0.127 e. The van der Waals surface area contributed by atoms with Gasteiger partial charge in [-0.15, -0.1) is 0 Å². The third-order valence-corrected chi connectivity index (χ3v) is 6.57. The molecule has 0 bridgehead atoms. The highest BCUT2D eigenvalue weighted by atomic mass is 35.5. The third-order valence-electron chi connectivity index (χ3n) is 6.21. The first-order valence-electron chi connectivity index (χ1n) is 11.4. The Balaban J connectivity index is 1.97. The van der Waals surface area contributed by atoms with Crippen LogP contribution in [0, 0.1) is 5.82 Å². The number of rotatable bonds is 10. The van der Waals surface area contributed by atoms with E-state index in [-0.39, 0.29) is 5.82 Å². The summed E-state index contributed by atoms with van der Waals surface area (Å²) in [5.41, 5.74) is 2.10. The second-order valence-corrected chi connectivity index (χ2v) is 8.71. The van der Waals surface area contributed by atoms with Gasteiger partial charge in [-0.25, -0.2) is 9.37 Å². The summed E-state index contributed by atoms with van der Waals surface area (Å²) in [6, 6.07) is 25.7. The largest absolute Gasteiger partial charge is 0.324 e. The number of hydrogen-bond acceptors (Lipinski definition) is 2. The molecule has 5 heteroatoms. The van der Waals surface area contributed by atoms with Crippen LogP contribution in [0.1, 0.15) is 36.5 Å². The van der Waals surface area contributed by atoms with Crippen LogP contribution in [0.25, 0.3) is 0 Å². The molecular formula is C28H29ClFN3. The van der Waals surface area contributed by atoms with Crippen LogP contribution < -0.4 is 0 Å². The van der Waals surface area contributed by atoms with Crippen molar-refractivity contribution in [2.24, 2.45) is 0 Å². The average Bonchev–Trinajstić information content (AvgIpc) is 3.36. The van der Waals surface area contributed by atoms with E-state index < -0.39 is 5.54 Å². The Bertz CT molecular complexity index is 1070. The topological polar surface area (TPSA) is 21.1 Å². The second kappa shape index (κ2) is 10.8. The molecule has 0 atom stereocenters. The zero-order valence-corrected chi connectivity index (χ0v) is 19.6. The monoisotopic (exact) mass is 461 g/mol. The number of halogens is 2. The number of aromatic nitrogens is 2. The van der Waals surface area contributed by atoms with Crippen LogP contribution in [-0.4, -0.2) is 21.0 Å². The van der Waals surface area contributed by atoms with Crippen molar-refractivity contribution in [2.75, 3.05) is 6.54 Å². The minimum atomic E-state index is -0.631. The van der Waals surface area contributed by atoms with Crippen molar-refractivity contribution in [3.8, 4) is 0 Å². The first kappa shape index (κ1) is 23.2. The molecule has 3 nitrogen and oxygen atoms in total. The zero-order valence-electron chi connectivity index (χ0n) is 18.9. The number of hydrogen-bond donors (Lipinski definition) is 0. The van der Waals surface area contributed by atoms with Crippen LogP contribution in [0.2, 0.25) is 5.02 Å². The Labute approximate surface area is 200 Å². The molecular weight excluding hydrogens is 433 g/mol. The second-order valence-electron chi connectivity index (χ2n) is 8.30. The van der Waals surface area contributed by atoms with E-state index in [9.17, 15) is 0 Å². The van der Waals surface area contributed by atoms with E-state index in [1.807, 2.05) is 48.9 Å². The molecule has 0 unspecified atom stereocenters. The van der Waals surface area contributed by atoms with Crippen molar-refractivity contribution in [1.82, 2.24) is 14.5 Å². The summed E-state index contributed by atoms with van der Waals surface area (Å²) in [4.78, 5) is 6.69. The molecule has 0 fully saturated rings. The van der Waals surface area contributed by atoms with E-state index in [2.05, 4.69) is 45.6 Å². The summed E-state index contributed by atoms with van der Waals surface area (Å²) in [6.07, 6.45) is 8.07. The number of unbranched alkanes of at least 4 members (excludes halogenated alkanes) is 1. The van der Waals surface area contributed by atoms with E-state index in [1.165, 1.54) is 6.07 Å². The molecule has 0 aliphatic heterocycles. The van der Waals surface area contributed by atoms with Crippen molar-refractivity contribution >= 4 is 11.6 Å². The molecule has 0 N–H and O–H groups in total. The van der Waals surface area contributed by atoms with Gasteiger partial charge in [0.2, 0.25) is 0 Å². The van der Waals surface area contributed by atoms with Gasteiger partial charge in [-0.2, -0.15) is 0 Å². The Morgan fingerprint density at radius 1 is 0.939 bits per heavy atom. The molecule has 1 aromatic heterocycles. The summed E-state index contributed by atoms with van der Waals surface area (Å²) in [5, 5.41) is 0.448. The van der Waals surface area contributed by atoms with Gasteiger partial charge in [0.05, 0.1) is 18.5 Å². The van der Waals surface area contributed by atoms with Gasteiger partial charge in [0, 0.05) is 35.9 Å². The molecule has 0 radical (unpaired) electrons. The normalized spacial score (nSPS) is 11.8. The quantitative estimate of drug-likeness (QED) is 0.255. The summed E-state index contributed by atoms with van der Waals surface area (Å²) in [6.45, 7) is 3.65. The lowest BCUT2D eigenvalue weighted by Crippen LogP contribution is -2.50. The Morgan fingerprint density at radius 3 is 2.15 bits per heavy atom. The lowest BCUT2D eigenvalue weighted by atomic mass is 9.76. The Hall–Kier alpha value is -2.95.